The lowest BCUT2D eigenvalue weighted by molar-refractivity contribution is 0.131. The number of allylic oxidation sites excluding steroid dienone is 3. The lowest BCUT2D eigenvalue weighted by Crippen LogP contribution is -2.23. The fraction of sp³-hybridized carbons (Fsp3) is 0.500. The second-order valence-electron chi connectivity index (χ2n) is 9.24. The molecule has 0 saturated carbocycles. The Kier molecular flexibility index (Phi) is 8.37. The van der Waals surface area contributed by atoms with Crippen molar-refractivity contribution in [2.75, 3.05) is 6.61 Å². The minimum absolute atomic E-state index is 0.0856. The highest BCUT2D eigenvalue weighted by molar-refractivity contribution is 5.90. The van der Waals surface area contributed by atoms with E-state index in [4.69, 9.17) is 18.6 Å². The third kappa shape index (κ3) is 7.50. The maximum absolute atomic E-state index is 12.8. The maximum Gasteiger partial charge on any atom is 0.383 e. The Morgan fingerprint density at radius 1 is 1.10 bits per heavy atom. The van der Waals surface area contributed by atoms with E-state index in [0.29, 0.717) is 22.5 Å². The van der Waals surface area contributed by atoms with Crippen molar-refractivity contribution in [3.63, 3.8) is 0 Å². The molecule has 1 aromatic carbocycles. The van der Waals surface area contributed by atoms with Crippen LogP contribution in [-0.4, -0.2) is 18.3 Å². The first-order valence-electron chi connectivity index (χ1n) is 10.8. The molecule has 0 aliphatic rings. The lowest BCUT2D eigenvalue weighted by atomic mass is 10.1. The number of ether oxygens (including phenoxy) is 3. The van der Waals surface area contributed by atoms with Crippen LogP contribution in [0.3, 0.4) is 0 Å². The van der Waals surface area contributed by atoms with E-state index in [1.165, 1.54) is 11.1 Å². The molecule has 5 nitrogen and oxygen atoms in total. The maximum atomic E-state index is 12.8. The molecule has 5 heteroatoms. The third-order valence-corrected chi connectivity index (χ3v) is 4.33. The molecular formula is C26H36O5. The molecule has 1 heterocycles. The highest BCUT2D eigenvalue weighted by Crippen LogP contribution is 2.38. The van der Waals surface area contributed by atoms with E-state index < -0.39 is 11.2 Å². The molecule has 0 radical (unpaired) electrons. The molecule has 1 aromatic heterocycles. The van der Waals surface area contributed by atoms with Crippen molar-refractivity contribution in [2.24, 2.45) is 0 Å². The van der Waals surface area contributed by atoms with Gasteiger partial charge in [-0.15, -0.1) is 0 Å². The SMILES string of the molecule is CC(C)=CCCC(C)=CCOc1c(OC(C)C)c2cccc(OC(C)(C)C)c2oc1=O. The van der Waals surface area contributed by atoms with Crippen LogP contribution in [0.1, 0.15) is 68.2 Å². The highest BCUT2D eigenvalue weighted by Gasteiger charge is 2.23. The van der Waals surface area contributed by atoms with Crippen LogP contribution in [0.5, 0.6) is 17.2 Å². The normalized spacial score (nSPS) is 12.2. The smallest absolute Gasteiger partial charge is 0.383 e. The van der Waals surface area contributed by atoms with Crippen molar-refractivity contribution in [1.29, 1.82) is 0 Å². The molecule has 0 N–H and O–H groups in total. The first-order chi connectivity index (χ1) is 14.5. The summed E-state index contributed by atoms with van der Waals surface area (Å²) in [5.74, 6) is 0.968. The molecule has 0 aliphatic heterocycles. The molecule has 0 bridgehead atoms. The summed E-state index contributed by atoms with van der Waals surface area (Å²) >= 11 is 0. The Labute approximate surface area is 185 Å². The van der Waals surface area contributed by atoms with Crippen molar-refractivity contribution in [2.45, 2.75) is 79.9 Å². The summed E-state index contributed by atoms with van der Waals surface area (Å²) in [5, 5.41) is 0.648. The molecule has 0 aliphatic carbocycles. The van der Waals surface area contributed by atoms with E-state index in [2.05, 4.69) is 26.8 Å². The highest BCUT2D eigenvalue weighted by atomic mass is 16.5. The van der Waals surface area contributed by atoms with Crippen LogP contribution in [0.15, 0.2) is 50.7 Å². The van der Waals surface area contributed by atoms with Crippen LogP contribution in [0.2, 0.25) is 0 Å². The van der Waals surface area contributed by atoms with Crippen molar-refractivity contribution >= 4 is 11.0 Å². The molecule has 0 fully saturated rings. The van der Waals surface area contributed by atoms with Gasteiger partial charge in [-0.05, 0) is 86.4 Å². The number of hydrogen-bond donors (Lipinski definition) is 0. The minimum Gasteiger partial charge on any atom is -0.486 e. The molecule has 0 unspecified atom stereocenters. The van der Waals surface area contributed by atoms with Gasteiger partial charge in [-0.2, -0.15) is 0 Å². The molecule has 0 spiro atoms. The average molecular weight is 429 g/mol. The van der Waals surface area contributed by atoms with Crippen LogP contribution < -0.4 is 19.8 Å². The second-order valence-corrected chi connectivity index (χ2v) is 9.24. The fourth-order valence-corrected chi connectivity index (χ4v) is 3.00. The predicted molar refractivity (Wildman–Crippen MR) is 127 cm³/mol. The summed E-state index contributed by atoms with van der Waals surface area (Å²) in [6, 6.07) is 5.49. The minimum atomic E-state index is -0.580. The zero-order valence-electron chi connectivity index (χ0n) is 20.1. The summed E-state index contributed by atoms with van der Waals surface area (Å²) in [5.41, 5.74) is 1.86. The summed E-state index contributed by atoms with van der Waals surface area (Å²) in [4.78, 5) is 12.8. The third-order valence-electron chi connectivity index (χ3n) is 4.33. The van der Waals surface area contributed by atoms with Crippen molar-refractivity contribution in [3.8, 4) is 17.2 Å². The van der Waals surface area contributed by atoms with E-state index in [1.807, 2.05) is 52.8 Å². The standard InChI is InChI=1S/C26H36O5/c1-17(2)11-9-12-19(5)15-16-28-24-23(29-18(3)4)20-13-10-14-21(31-26(6,7)8)22(20)30-25(24)27/h10-11,13-15,18H,9,12,16H2,1-8H3. The Hall–Kier alpha value is -2.69. The van der Waals surface area contributed by atoms with Gasteiger partial charge in [0.2, 0.25) is 5.75 Å². The fourth-order valence-electron chi connectivity index (χ4n) is 3.00. The molecule has 0 saturated heterocycles. The van der Waals surface area contributed by atoms with E-state index in [9.17, 15) is 4.79 Å². The van der Waals surface area contributed by atoms with Crippen LogP contribution in [-0.2, 0) is 0 Å². The van der Waals surface area contributed by atoms with Crippen LogP contribution in [0.4, 0.5) is 0 Å². The number of fused-ring (bicyclic) bond motifs is 1. The van der Waals surface area contributed by atoms with Gasteiger partial charge in [-0.1, -0.05) is 23.3 Å². The van der Waals surface area contributed by atoms with Gasteiger partial charge in [0, 0.05) is 0 Å². The largest absolute Gasteiger partial charge is 0.486 e. The summed E-state index contributed by atoms with van der Waals surface area (Å²) < 4.78 is 23.5. The van der Waals surface area contributed by atoms with Gasteiger partial charge >= 0.3 is 5.63 Å². The molecule has 0 amide bonds. The second kappa shape index (κ2) is 10.6. The summed E-state index contributed by atoms with van der Waals surface area (Å²) in [6.07, 6.45) is 5.99. The van der Waals surface area contributed by atoms with E-state index in [0.717, 1.165) is 12.8 Å². The number of benzene rings is 1. The van der Waals surface area contributed by atoms with E-state index >= 15 is 0 Å². The first-order valence-corrected chi connectivity index (χ1v) is 10.8. The monoisotopic (exact) mass is 428 g/mol. The zero-order valence-corrected chi connectivity index (χ0v) is 20.1. The molecule has 2 rings (SSSR count). The van der Waals surface area contributed by atoms with Gasteiger partial charge in [-0.3, -0.25) is 0 Å². The Bertz CT molecular complexity index is 999. The molecule has 170 valence electrons. The molecule has 31 heavy (non-hydrogen) atoms. The zero-order chi connectivity index (χ0) is 23.2. The van der Waals surface area contributed by atoms with Crippen molar-refractivity contribution in [3.05, 3.63) is 51.9 Å². The Morgan fingerprint density at radius 2 is 1.81 bits per heavy atom. The van der Waals surface area contributed by atoms with Gasteiger partial charge in [0.1, 0.15) is 12.2 Å². The van der Waals surface area contributed by atoms with Crippen LogP contribution in [0, 0.1) is 0 Å². The summed E-state index contributed by atoms with van der Waals surface area (Å²) in [7, 11) is 0. The number of hydrogen-bond acceptors (Lipinski definition) is 5. The topological polar surface area (TPSA) is 57.9 Å². The van der Waals surface area contributed by atoms with Crippen molar-refractivity contribution in [1.82, 2.24) is 0 Å². The number of rotatable bonds is 9. The van der Waals surface area contributed by atoms with Gasteiger partial charge in [-0.25, -0.2) is 4.79 Å². The molecular weight excluding hydrogens is 392 g/mol. The van der Waals surface area contributed by atoms with Gasteiger partial charge < -0.3 is 18.6 Å². The summed E-state index contributed by atoms with van der Waals surface area (Å²) in [6.45, 7) is 16.2. The van der Waals surface area contributed by atoms with Gasteiger partial charge in [0.15, 0.2) is 17.1 Å². The molecule has 2 aromatic rings. The van der Waals surface area contributed by atoms with Gasteiger partial charge in [0.25, 0.3) is 0 Å². The average Bonchev–Trinajstić information content (AvgIpc) is 2.62. The van der Waals surface area contributed by atoms with Crippen LogP contribution in [0.25, 0.3) is 11.0 Å². The van der Waals surface area contributed by atoms with E-state index in [1.54, 1.807) is 6.07 Å². The number of para-hydroxylation sites is 1. The molecule has 0 atom stereocenters. The Morgan fingerprint density at radius 3 is 2.42 bits per heavy atom. The quantitative estimate of drug-likeness (QED) is 0.324. The Balaban J connectivity index is 2.39. The van der Waals surface area contributed by atoms with E-state index in [-0.39, 0.29) is 18.5 Å². The van der Waals surface area contributed by atoms with Crippen LogP contribution >= 0.6 is 0 Å². The first kappa shape index (κ1) is 24.6. The van der Waals surface area contributed by atoms with Gasteiger partial charge in [0.05, 0.1) is 11.5 Å². The van der Waals surface area contributed by atoms with Crippen molar-refractivity contribution < 1.29 is 18.6 Å². The lowest BCUT2D eigenvalue weighted by Gasteiger charge is -2.22. The predicted octanol–water partition coefficient (Wildman–Crippen LogP) is 6.83.